The van der Waals surface area contributed by atoms with Crippen molar-refractivity contribution in [2.45, 2.75) is 19.9 Å². The fraction of sp³-hybridized carbons (Fsp3) is 0.138. The van der Waals surface area contributed by atoms with Crippen LogP contribution in [0.1, 0.15) is 38.3 Å². The molecule has 0 fully saturated rings. The smallest absolute Gasteiger partial charge is 0.348 e. The topological polar surface area (TPSA) is 89.6 Å². The van der Waals surface area contributed by atoms with Crippen molar-refractivity contribution in [2.24, 2.45) is 0 Å². The summed E-state index contributed by atoms with van der Waals surface area (Å²) in [5.41, 5.74) is 7.33. The molecule has 39 heavy (non-hydrogen) atoms. The van der Waals surface area contributed by atoms with Gasteiger partial charge >= 0.3 is 5.97 Å². The van der Waals surface area contributed by atoms with E-state index >= 15 is 0 Å². The van der Waals surface area contributed by atoms with Crippen LogP contribution in [0.15, 0.2) is 83.5 Å². The number of carbonyl (C=O) groups is 2. The number of halogens is 1. The maximum atomic E-state index is 13.4. The summed E-state index contributed by atoms with van der Waals surface area (Å²) < 4.78 is 26.1. The van der Waals surface area contributed by atoms with Gasteiger partial charge in [-0.05, 0) is 68.0 Å². The molecule has 1 amide bonds. The lowest BCUT2D eigenvalue weighted by Crippen LogP contribution is -2.41. The van der Waals surface area contributed by atoms with Crippen molar-refractivity contribution < 1.29 is 23.1 Å². The largest absolute Gasteiger partial charge is 0.467 e. The lowest BCUT2D eigenvalue weighted by Gasteiger charge is -2.23. The van der Waals surface area contributed by atoms with E-state index in [4.69, 9.17) is 9.15 Å². The van der Waals surface area contributed by atoms with Crippen LogP contribution in [0.5, 0.6) is 0 Å². The van der Waals surface area contributed by atoms with Crippen LogP contribution in [0.25, 0.3) is 21.6 Å². The molecule has 0 radical (unpaired) electrons. The molecule has 4 heterocycles. The summed E-state index contributed by atoms with van der Waals surface area (Å²) in [6.07, 6.45) is 3.45. The predicted molar refractivity (Wildman–Crippen MR) is 145 cm³/mol. The standard InChI is InChI=1S/C29H23FN4O4S/c1-17-5-7-19(8-6-17)23-15-24(25-4-3-13-37-25)34(32-23)27(35)16-38-29(36)26-14-22-18(2)31-33(28(22)39-26)21-11-9-20(30)10-12-21/h3-15,24,32H,16H2,1-2H3. The second-order valence-corrected chi connectivity index (χ2v) is 10.2. The van der Waals surface area contributed by atoms with Crippen molar-refractivity contribution in [3.8, 4) is 5.69 Å². The number of hydrogen-bond donors (Lipinski definition) is 1. The average molecular weight is 543 g/mol. The zero-order valence-corrected chi connectivity index (χ0v) is 21.9. The van der Waals surface area contributed by atoms with Gasteiger partial charge in [-0.25, -0.2) is 18.9 Å². The zero-order valence-electron chi connectivity index (χ0n) is 21.1. The lowest BCUT2D eigenvalue weighted by atomic mass is 10.1. The summed E-state index contributed by atoms with van der Waals surface area (Å²) in [6, 6.07) is 18.6. The number of ether oxygens (including phenoxy) is 1. The molecule has 3 aromatic heterocycles. The number of aromatic nitrogens is 2. The normalized spacial score (nSPS) is 14.9. The Bertz CT molecular complexity index is 1700. The Morgan fingerprint density at radius 1 is 1.10 bits per heavy atom. The Morgan fingerprint density at radius 2 is 1.87 bits per heavy atom. The number of aryl methyl sites for hydroxylation is 2. The second kappa shape index (κ2) is 9.88. The van der Waals surface area contributed by atoms with Crippen LogP contribution in [-0.4, -0.2) is 33.3 Å². The average Bonchev–Trinajstić information content (AvgIpc) is 3.73. The Hall–Kier alpha value is -4.70. The molecular formula is C29H23FN4O4S. The molecule has 10 heteroatoms. The molecule has 0 spiro atoms. The molecule has 8 nitrogen and oxygen atoms in total. The van der Waals surface area contributed by atoms with Gasteiger partial charge in [0.2, 0.25) is 0 Å². The number of amides is 1. The molecule has 5 aromatic rings. The molecule has 196 valence electrons. The molecule has 1 aliphatic rings. The molecule has 1 atom stereocenters. The van der Waals surface area contributed by atoms with Crippen LogP contribution in [0.3, 0.4) is 0 Å². The quantitative estimate of drug-likeness (QED) is 0.276. The number of benzene rings is 2. The predicted octanol–water partition coefficient (Wildman–Crippen LogP) is 5.72. The van der Waals surface area contributed by atoms with E-state index in [-0.39, 0.29) is 5.82 Å². The highest BCUT2D eigenvalue weighted by molar-refractivity contribution is 7.20. The van der Waals surface area contributed by atoms with Crippen molar-refractivity contribution in [2.75, 3.05) is 6.61 Å². The van der Waals surface area contributed by atoms with Gasteiger partial charge in [-0.3, -0.25) is 10.2 Å². The van der Waals surface area contributed by atoms with Crippen molar-refractivity contribution >= 4 is 39.1 Å². The molecule has 0 saturated carbocycles. The number of hydrogen-bond acceptors (Lipinski definition) is 7. The van der Waals surface area contributed by atoms with Gasteiger partial charge in [-0.2, -0.15) is 5.10 Å². The van der Waals surface area contributed by atoms with Gasteiger partial charge < -0.3 is 9.15 Å². The van der Waals surface area contributed by atoms with Crippen LogP contribution in [0, 0.1) is 19.7 Å². The fourth-order valence-electron chi connectivity index (χ4n) is 4.42. The van der Waals surface area contributed by atoms with Crippen molar-refractivity contribution in [1.82, 2.24) is 20.2 Å². The lowest BCUT2D eigenvalue weighted by molar-refractivity contribution is -0.138. The van der Waals surface area contributed by atoms with Crippen molar-refractivity contribution in [3.63, 3.8) is 0 Å². The molecule has 0 aliphatic carbocycles. The maximum Gasteiger partial charge on any atom is 0.348 e. The number of nitrogens with one attached hydrogen (secondary N) is 1. The van der Waals surface area contributed by atoms with Crippen LogP contribution in [0.4, 0.5) is 4.39 Å². The van der Waals surface area contributed by atoms with E-state index in [1.54, 1.807) is 41.3 Å². The first kappa shape index (κ1) is 24.6. The first-order valence-corrected chi connectivity index (χ1v) is 13.0. The molecule has 1 N–H and O–H groups in total. The van der Waals surface area contributed by atoms with Crippen LogP contribution < -0.4 is 5.43 Å². The number of furan rings is 1. The maximum absolute atomic E-state index is 13.4. The highest BCUT2D eigenvalue weighted by Gasteiger charge is 2.33. The first-order valence-electron chi connectivity index (χ1n) is 12.2. The first-order chi connectivity index (χ1) is 18.9. The second-order valence-electron chi connectivity index (χ2n) is 9.16. The number of carbonyl (C=O) groups excluding carboxylic acids is 2. The van der Waals surface area contributed by atoms with Gasteiger partial charge in [-0.1, -0.05) is 29.8 Å². The van der Waals surface area contributed by atoms with Gasteiger partial charge in [0.15, 0.2) is 6.61 Å². The van der Waals surface area contributed by atoms with E-state index in [2.05, 4.69) is 10.5 Å². The van der Waals surface area contributed by atoms with E-state index in [0.717, 1.165) is 32.7 Å². The van der Waals surface area contributed by atoms with E-state index in [1.165, 1.54) is 28.5 Å². The molecule has 1 aliphatic heterocycles. The van der Waals surface area contributed by atoms with Gasteiger partial charge in [0, 0.05) is 5.39 Å². The van der Waals surface area contributed by atoms with Crippen LogP contribution in [0.2, 0.25) is 0 Å². The number of esters is 1. The minimum absolute atomic E-state index is 0.338. The Balaban J connectivity index is 1.19. The summed E-state index contributed by atoms with van der Waals surface area (Å²) >= 11 is 1.20. The zero-order chi connectivity index (χ0) is 27.1. The van der Waals surface area contributed by atoms with Crippen LogP contribution in [-0.2, 0) is 9.53 Å². The molecule has 6 rings (SSSR count). The minimum Gasteiger partial charge on any atom is -0.467 e. The Morgan fingerprint density at radius 3 is 2.59 bits per heavy atom. The summed E-state index contributed by atoms with van der Waals surface area (Å²) in [7, 11) is 0. The molecule has 2 aromatic carbocycles. The monoisotopic (exact) mass is 542 g/mol. The summed E-state index contributed by atoms with van der Waals surface area (Å²) in [6.45, 7) is 3.38. The SMILES string of the molecule is Cc1ccc(C2=CC(c3ccco3)N(C(=O)COC(=O)c3cc4c(C)nn(-c5ccc(F)cc5)c4s3)N2)cc1. The summed E-state index contributed by atoms with van der Waals surface area (Å²) in [5, 5.41) is 6.71. The third kappa shape index (κ3) is 4.70. The Labute approximate surface area is 226 Å². The minimum atomic E-state index is -0.616. The van der Waals surface area contributed by atoms with Crippen molar-refractivity contribution in [3.05, 3.63) is 112 Å². The molecule has 0 bridgehead atoms. The number of thiophene rings is 1. The van der Waals surface area contributed by atoms with E-state index in [1.807, 2.05) is 44.2 Å². The Kier molecular flexibility index (Phi) is 6.24. The third-order valence-electron chi connectivity index (χ3n) is 6.45. The molecular weight excluding hydrogens is 519 g/mol. The van der Waals surface area contributed by atoms with E-state index in [9.17, 15) is 14.0 Å². The molecule has 1 unspecified atom stereocenters. The number of rotatable bonds is 6. The van der Waals surface area contributed by atoms with E-state index in [0.29, 0.717) is 16.3 Å². The van der Waals surface area contributed by atoms with Gasteiger partial charge in [0.1, 0.15) is 27.3 Å². The number of nitrogens with zero attached hydrogens (tertiary/aromatic N) is 3. The van der Waals surface area contributed by atoms with Crippen molar-refractivity contribution in [1.29, 1.82) is 0 Å². The number of fused-ring (bicyclic) bond motifs is 1. The fourth-order valence-corrected chi connectivity index (χ4v) is 5.50. The summed E-state index contributed by atoms with van der Waals surface area (Å²) in [4.78, 5) is 27.2. The highest BCUT2D eigenvalue weighted by atomic mass is 32.1. The van der Waals surface area contributed by atoms with Gasteiger partial charge in [0.05, 0.1) is 23.3 Å². The summed E-state index contributed by atoms with van der Waals surface area (Å²) in [5.74, 6) is -0.815. The third-order valence-corrected chi connectivity index (χ3v) is 7.54. The van der Waals surface area contributed by atoms with Crippen LogP contribution >= 0.6 is 11.3 Å². The van der Waals surface area contributed by atoms with E-state index < -0.39 is 24.5 Å². The van der Waals surface area contributed by atoms with Gasteiger partial charge in [0.25, 0.3) is 5.91 Å². The highest BCUT2D eigenvalue weighted by Crippen LogP contribution is 2.33. The van der Waals surface area contributed by atoms with Gasteiger partial charge in [-0.15, -0.1) is 11.3 Å². The number of hydrazine groups is 1. The molecule has 0 saturated heterocycles.